The molecule has 1 saturated heterocycles. The first-order valence-corrected chi connectivity index (χ1v) is 8.87. The first-order valence-electron chi connectivity index (χ1n) is 8.87. The van der Waals surface area contributed by atoms with Gasteiger partial charge in [0, 0.05) is 13.1 Å². The van der Waals surface area contributed by atoms with Crippen molar-refractivity contribution in [3.05, 3.63) is 48.2 Å². The highest BCUT2D eigenvalue weighted by atomic mass is 16.5. The fraction of sp³-hybridized carbons (Fsp3) is 0.400. The zero-order chi connectivity index (χ0) is 17.6. The molecule has 132 valence electrons. The largest absolute Gasteiger partial charge is 0.481 e. The molecule has 1 unspecified atom stereocenters. The number of carbonyl (C=O) groups excluding carboxylic acids is 1. The third-order valence-electron chi connectivity index (χ3n) is 4.40. The summed E-state index contributed by atoms with van der Waals surface area (Å²) in [5.41, 5.74) is 1.84. The van der Waals surface area contributed by atoms with Crippen LogP contribution in [0.25, 0.3) is 0 Å². The highest BCUT2D eigenvalue weighted by Crippen LogP contribution is 2.19. The molecule has 5 heteroatoms. The van der Waals surface area contributed by atoms with Crippen molar-refractivity contribution in [3.63, 3.8) is 0 Å². The summed E-state index contributed by atoms with van der Waals surface area (Å²) in [6.07, 6.45) is 4.86. The lowest BCUT2D eigenvalue weighted by Gasteiger charge is -2.27. The number of pyridine rings is 1. The number of anilines is 2. The number of carbonyl (C=O) groups is 1. The van der Waals surface area contributed by atoms with Gasteiger partial charge in [-0.1, -0.05) is 17.7 Å². The van der Waals surface area contributed by atoms with E-state index in [2.05, 4.69) is 15.2 Å². The fourth-order valence-corrected chi connectivity index (χ4v) is 2.89. The van der Waals surface area contributed by atoms with Gasteiger partial charge < -0.3 is 15.0 Å². The lowest BCUT2D eigenvalue weighted by Crippen LogP contribution is -2.31. The number of piperidine rings is 1. The number of benzene rings is 1. The van der Waals surface area contributed by atoms with Crippen molar-refractivity contribution in [2.24, 2.45) is 0 Å². The number of nitrogens with zero attached hydrogens (tertiary/aromatic N) is 2. The SMILES string of the molecule is Cc1ccc(OC(C)C(=O)Nc2ccc(N3CCCCC3)nc2)cc1. The Hall–Kier alpha value is -2.56. The van der Waals surface area contributed by atoms with Crippen LogP contribution in [-0.4, -0.2) is 30.1 Å². The topological polar surface area (TPSA) is 54.5 Å². The summed E-state index contributed by atoms with van der Waals surface area (Å²) >= 11 is 0. The number of amides is 1. The third-order valence-corrected chi connectivity index (χ3v) is 4.40. The maximum absolute atomic E-state index is 12.3. The number of ether oxygens (including phenoxy) is 1. The van der Waals surface area contributed by atoms with Crippen molar-refractivity contribution in [1.29, 1.82) is 0 Å². The van der Waals surface area contributed by atoms with Crippen molar-refractivity contribution in [1.82, 2.24) is 4.98 Å². The van der Waals surface area contributed by atoms with E-state index in [0.717, 1.165) is 24.5 Å². The second kappa shape index (κ2) is 8.01. The summed E-state index contributed by atoms with van der Waals surface area (Å²) in [5.74, 6) is 1.47. The van der Waals surface area contributed by atoms with E-state index in [1.807, 2.05) is 43.3 Å². The quantitative estimate of drug-likeness (QED) is 0.900. The van der Waals surface area contributed by atoms with Gasteiger partial charge in [0.1, 0.15) is 11.6 Å². The minimum absolute atomic E-state index is 0.187. The molecule has 1 aliphatic rings. The van der Waals surface area contributed by atoms with Crippen LogP contribution in [0.2, 0.25) is 0 Å². The van der Waals surface area contributed by atoms with E-state index in [-0.39, 0.29) is 5.91 Å². The average Bonchev–Trinajstić information content (AvgIpc) is 2.65. The van der Waals surface area contributed by atoms with Gasteiger partial charge in [0.25, 0.3) is 5.91 Å². The van der Waals surface area contributed by atoms with Crippen LogP contribution in [0.15, 0.2) is 42.6 Å². The number of nitrogens with one attached hydrogen (secondary N) is 1. The van der Waals surface area contributed by atoms with E-state index in [9.17, 15) is 4.79 Å². The maximum atomic E-state index is 12.3. The second-order valence-corrected chi connectivity index (χ2v) is 6.52. The fourth-order valence-electron chi connectivity index (χ4n) is 2.89. The lowest BCUT2D eigenvalue weighted by molar-refractivity contribution is -0.122. The molecule has 1 aliphatic heterocycles. The molecule has 0 spiro atoms. The van der Waals surface area contributed by atoms with Crippen molar-refractivity contribution in [2.75, 3.05) is 23.3 Å². The molecule has 0 radical (unpaired) electrons. The molecule has 1 atom stereocenters. The molecule has 2 aromatic rings. The standard InChI is InChI=1S/C20H25N3O2/c1-15-6-9-18(10-7-15)25-16(2)20(24)22-17-8-11-19(21-14-17)23-12-4-3-5-13-23/h6-11,14,16H,3-5,12-13H2,1-2H3,(H,22,24). The average molecular weight is 339 g/mol. The summed E-state index contributed by atoms with van der Waals surface area (Å²) in [7, 11) is 0. The molecule has 2 heterocycles. The van der Waals surface area contributed by atoms with E-state index in [0.29, 0.717) is 11.4 Å². The number of aromatic nitrogens is 1. The molecule has 5 nitrogen and oxygen atoms in total. The molecule has 0 saturated carbocycles. The Bertz CT molecular complexity index is 692. The summed E-state index contributed by atoms with van der Waals surface area (Å²) in [4.78, 5) is 19.1. The molecule has 3 rings (SSSR count). The summed E-state index contributed by atoms with van der Waals surface area (Å²) in [6, 6.07) is 11.5. The number of hydrogen-bond donors (Lipinski definition) is 1. The molecule has 1 aromatic heterocycles. The van der Waals surface area contributed by atoms with Gasteiger partial charge in [-0.2, -0.15) is 0 Å². The maximum Gasteiger partial charge on any atom is 0.265 e. The van der Waals surface area contributed by atoms with Crippen LogP contribution >= 0.6 is 0 Å². The Morgan fingerprint density at radius 1 is 1.12 bits per heavy atom. The monoisotopic (exact) mass is 339 g/mol. The van der Waals surface area contributed by atoms with Crippen molar-refractivity contribution in [2.45, 2.75) is 39.2 Å². The van der Waals surface area contributed by atoms with Gasteiger partial charge >= 0.3 is 0 Å². The van der Waals surface area contributed by atoms with Crippen LogP contribution in [0.3, 0.4) is 0 Å². The van der Waals surface area contributed by atoms with Gasteiger partial charge in [-0.3, -0.25) is 4.79 Å². The number of hydrogen-bond acceptors (Lipinski definition) is 4. The zero-order valence-corrected chi connectivity index (χ0v) is 14.9. The summed E-state index contributed by atoms with van der Waals surface area (Å²) in [6.45, 7) is 5.87. The first kappa shape index (κ1) is 17.3. The Balaban J connectivity index is 1.55. The van der Waals surface area contributed by atoms with Crippen LogP contribution < -0.4 is 15.0 Å². The minimum atomic E-state index is -0.579. The van der Waals surface area contributed by atoms with Gasteiger partial charge in [-0.25, -0.2) is 4.98 Å². The summed E-state index contributed by atoms with van der Waals surface area (Å²) in [5, 5.41) is 2.86. The van der Waals surface area contributed by atoms with Crippen LogP contribution in [0, 0.1) is 6.92 Å². The molecule has 0 aliphatic carbocycles. The van der Waals surface area contributed by atoms with E-state index in [1.54, 1.807) is 13.1 Å². The number of aryl methyl sites for hydroxylation is 1. The Kier molecular flexibility index (Phi) is 5.53. The molecule has 1 amide bonds. The van der Waals surface area contributed by atoms with Crippen molar-refractivity contribution < 1.29 is 9.53 Å². The lowest BCUT2D eigenvalue weighted by atomic mass is 10.1. The Morgan fingerprint density at radius 3 is 2.48 bits per heavy atom. The number of rotatable bonds is 5. The van der Waals surface area contributed by atoms with Crippen LogP contribution in [0.4, 0.5) is 11.5 Å². The van der Waals surface area contributed by atoms with Gasteiger partial charge in [-0.15, -0.1) is 0 Å². The van der Waals surface area contributed by atoms with Crippen LogP contribution in [-0.2, 0) is 4.79 Å². The predicted molar refractivity (Wildman–Crippen MR) is 100 cm³/mol. The zero-order valence-electron chi connectivity index (χ0n) is 14.9. The third kappa shape index (κ3) is 4.72. The van der Waals surface area contributed by atoms with Crippen molar-refractivity contribution >= 4 is 17.4 Å². The summed E-state index contributed by atoms with van der Waals surface area (Å²) < 4.78 is 5.68. The van der Waals surface area contributed by atoms with Gasteiger partial charge in [-0.05, 0) is 57.4 Å². The van der Waals surface area contributed by atoms with Crippen LogP contribution in [0.5, 0.6) is 5.75 Å². The first-order chi connectivity index (χ1) is 12.1. The Labute approximate surface area is 149 Å². The highest BCUT2D eigenvalue weighted by Gasteiger charge is 2.16. The van der Waals surface area contributed by atoms with Crippen molar-refractivity contribution in [3.8, 4) is 5.75 Å². The molecule has 1 aromatic carbocycles. The van der Waals surface area contributed by atoms with E-state index < -0.39 is 6.10 Å². The molecular weight excluding hydrogens is 314 g/mol. The second-order valence-electron chi connectivity index (χ2n) is 6.52. The Morgan fingerprint density at radius 2 is 1.84 bits per heavy atom. The normalized spacial score (nSPS) is 15.5. The van der Waals surface area contributed by atoms with E-state index in [4.69, 9.17) is 4.74 Å². The smallest absolute Gasteiger partial charge is 0.265 e. The highest BCUT2D eigenvalue weighted by molar-refractivity contribution is 5.94. The van der Waals surface area contributed by atoms with Crippen LogP contribution in [0.1, 0.15) is 31.7 Å². The predicted octanol–water partition coefficient (Wildman–Crippen LogP) is 3.79. The molecule has 0 bridgehead atoms. The van der Waals surface area contributed by atoms with E-state index in [1.165, 1.54) is 19.3 Å². The molecule has 25 heavy (non-hydrogen) atoms. The van der Waals surface area contributed by atoms with Gasteiger partial charge in [0.05, 0.1) is 11.9 Å². The molecular formula is C20H25N3O2. The minimum Gasteiger partial charge on any atom is -0.481 e. The molecule has 1 N–H and O–H groups in total. The van der Waals surface area contributed by atoms with Gasteiger partial charge in [0.15, 0.2) is 6.10 Å². The molecule has 1 fully saturated rings. The van der Waals surface area contributed by atoms with Gasteiger partial charge in [0.2, 0.25) is 0 Å². The van der Waals surface area contributed by atoms with E-state index >= 15 is 0 Å².